The fourth-order valence-electron chi connectivity index (χ4n) is 2.38. The Morgan fingerprint density at radius 3 is 3.00 bits per heavy atom. The molecule has 1 aliphatic heterocycles. The van der Waals surface area contributed by atoms with Crippen LogP contribution in [0.15, 0.2) is 28.7 Å². The molecule has 19 heavy (non-hydrogen) atoms. The van der Waals surface area contributed by atoms with Gasteiger partial charge in [-0.05, 0) is 31.2 Å². The molecule has 1 aromatic heterocycles. The molecule has 0 spiro atoms. The summed E-state index contributed by atoms with van der Waals surface area (Å²) in [7, 11) is 0. The van der Waals surface area contributed by atoms with Crippen LogP contribution in [-0.2, 0) is 0 Å². The molecule has 1 aromatic carbocycles. The zero-order valence-corrected chi connectivity index (χ0v) is 10.6. The van der Waals surface area contributed by atoms with E-state index in [1.54, 1.807) is 18.2 Å². The molecule has 2 heterocycles. The number of benzene rings is 1. The second kappa shape index (κ2) is 4.68. The lowest BCUT2D eigenvalue weighted by atomic mass is 10.1. The monoisotopic (exact) mass is 260 g/mol. The Kier molecular flexibility index (Phi) is 3.00. The molecule has 1 aliphatic rings. The summed E-state index contributed by atoms with van der Waals surface area (Å²) in [6, 6.07) is 7.00. The molecule has 100 valence electrons. The number of hydrogen-bond acceptors (Lipinski definition) is 4. The number of aliphatic hydroxyl groups is 1. The van der Waals surface area contributed by atoms with E-state index in [0.29, 0.717) is 18.7 Å². The van der Waals surface area contributed by atoms with Crippen molar-refractivity contribution in [1.29, 1.82) is 0 Å². The Balaban J connectivity index is 1.80. The van der Waals surface area contributed by atoms with Gasteiger partial charge in [-0.25, -0.2) is 0 Å². The third-order valence-corrected chi connectivity index (χ3v) is 3.40. The van der Waals surface area contributed by atoms with Crippen LogP contribution in [0.5, 0.6) is 0 Å². The summed E-state index contributed by atoms with van der Waals surface area (Å²) in [5.74, 6) is 0.650. The highest BCUT2D eigenvalue weighted by atomic mass is 16.3. The molecule has 0 bridgehead atoms. The van der Waals surface area contributed by atoms with Gasteiger partial charge in [0.15, 0.2) is 0 Å². The Morgan fingerprint density at radius 1 is 1.42 bits per heavy atom. The van der Waals surface area contributed by atoms with Crippen LogP contribution in [0, 0.1) is 6.92 Å². The normalized spacial score (nSPS) is 22.8. The predicted molar refractivity (Wildman–Crippen MR) is 71.1 cm³/mol. The number of furan rings is 1. The van der Waals surface area contributed by atoms with Gasteiger partial charge in [-0.15, -0.1) is 0 Å². The van der Waals surface area contributed by atoms with Crippen LogP contribution < -0.4 is 10.6 Å². The number of fused-ring (bicyclic) bond motifs is 1. The topological polar surface area (TPSA) is 74.5 Å². The van der Waals surface area contributed by atoms with E-state index in [-0.39, 0.29) is 11.9 Å². The summed E-state index contributed by atoms with van der Waals surface area (Å²) >= 11 is 0. The third kappa shape index (κ3) is 2.34. The van der Waals surface area contributed by atoms with Crippen LogP contribution in [0.1, 0.15) is 16.1 Å². The van der Waals surface area contributed by atoms with Crippen molar-refractivity contribution >= 4 is 16.9 Å². The fourth-order valence-corrected chi connectivity index (χ4v) is 2.38. The summed E-state index contributed by atoms with van der Waals surface area (Å²) in [4.78, 5) is 12.1. The molecule has 3 rings (SSSR count). The predicted octanol–water partition coefficient (Wildman–Crippen LogP) is 0.804. The SMILES string of the molecule is Cc1cc2cc(C(=O)N[C@@H]3CNC[C@H]3O)ccc2o1. The second-order valence-corrected chi connectivity index (χ2v) is 4.92. The van der Waals surface area contributed by atoms with Gasteiger partial charge in [-0.1, -0.05) is 0 Å². The molecule has 2 aromatic rings. The van der Waals surface area contributed by atoms with Gasteiger partial charge in [0.05, 0.1) is 12.1 Å². The number of carbonyl (C=O) groups is 1. The van der Waals surface area contributed by atoms with Crippen molar-refractivity contribution in [1.82, 2.24) is 10.6 Å². The van der Waals surface area contributed by atoms with Gasteiger partial charge < -0.3 is 20.2 Å². The van der Waals surface area contributed by atoms with Crippen molar-refractivity contribution in [3.05, 3.63) is 35.6 Å². The van der Waals surface area contributed by atoms with Crippen LogP contribution >= 0.6 is 0 Å². The summed E-state index contributed by atoms with van der Waals surface area (Å²) in [5, 5.41) is 16.4. The van der Waals surface area contributed by atoms with E-state index in [4.69, 9.17) is 4.42 Å². The second-order valence-electron chi connectivity index (χ2n) is 4.92. The molecule has 5 nitrogen and oxygen atoms in total. The van der Waals surface area contributed by atoms with Crippen LogP contribution in [0.2, 0.25) is 0 Å². The average Bonchev–Trinajstić information content (AvgIpc) is 2.93. The highest BCUT2D eigenvalue weighted by Gasteiger charge is 2.26. The summed E-state index contributed by atoms with van der Waals surface area (Å²) in [6.07, 6.45) is -0.524. The molecule has 5 heteroatoms. The van der Waals surface area contributed by atoms with Crippen LogP contribution in [0.4, 0.5) is 0 Å². The fraction of sp³-hybridized carbons (Fsp3) is 0.357. The Hall–Kier alpha value is -1.85. The maximum atomic E-state index is 12.1. The van der Waals surface area contributed by atoms with E-state index in [1.165, 1.54) is 0 Å². The van der Waals surface area contributed by atoms with Crippen molar-refractivity contribution in [3.8, 4) is 0 Å². The maximum Gasteiger partial charge on any atom is 0.251 e. The molecule has 0 unspecified atom stereocenters. The van der Waals surface area contributed by atoms with Crippen LogP contribution in [0.3, 0.4) is 0 Å². The van der Waals surface area contributed by atoms with Gasteiger partial charge in [-0.2, -0.15) is 0 Å². The highest BCUT2D eigenvalue weighted by molar-refractivity contribution is 5.98. The lowest BCUT2D eigenvalue weighted by Gasteiger charge is -2.15. The Bertz CT molecular complexity index is 620. The smallest absolute Gasteiger partial charge is 0.251 e. The number of carbonyl (C=O) groups excluding carboxylic acids is 1. The van der Waals surface area contributed by atoms with E-state index in [0.717, 1.165) is 16.7 Å². The Morgan fingerprint density at radius 2 is 2.26 bits per heavy atom. The van der Waals surface area contributed by atoms with Gasteiger partial charge in [0.25, 0.3) is 5.91 Å². The first-order chi connectivity index (χ1) is 9.13. The average molecular weight is 260 g/mol. The van der Waals surface area contributed by atoms with Gasteiger partial charge in [-0.3, -0.25) is 4.79 Å². The molecule has 1 saturated heterocycles. The van der Waals surface area contributed by atoms with Crippen molar-refractivity contribution < 1.29 is 14.3 Å². The number of aryl methyl sites for hydroxylation is 1. The van der Waals surface area contributed by atoms with E-state index in [9.17, 15) is 9.90 Å². The summed E-state index contributed by atoms with van der Waals surface area (Å²) < 4.78 is 5.47. The first-order valence-electron chi connectivity index (χ1n) is 6.33. The maximum absolute atomic E-state index is 12.1. The van der Waals surface area contributed by atoms with Crippen molar-refractivity contribution in [3.63, 3.8) is 0 Å². The molecular formula is C14H16N2O3. The minimum atomic E-state index is -0.524. The van der Waals surface area contributed by atoms with Gasteiger partial charge in [0.1, 0.15) is 11.3 Å². The number of rotatable bonds is 2. The molecule has 3 N–H and O–H groups in total. The molecule has 2 atom stereocenters. The number of aliphatic hydroxyl groups excluding tert-OH is 1. The van der Waals surface area contributed by atoms with Crippen molar-refractivity contribution in [2.24, 2.45) is 0 Å². The lowest BCUT2D eigenvalue weighted by molar-refractivity contribution is 0.0889. The summed E-state index contributed by atoms with van der Waals surface area (Å²) in [5.41, 5.74) is 1.35. The molecular weight excluding hydrogens is 244 g/mol. The van der Waals surface area contributed by atoms with E-state index in [1.807, 2.05) is 13.0 Å². The molecule has 0 radical (unpaired) electrons. The van der Waals surface area contributed by atoms with Crippen molar-refractivity contribution in [2.75, 3.05) is 13.1 Å². The quantitative estimate of drug-likeness (QED) is 0.747. The largest absolute Gasteiger partial charge is 0.461 e. The first-order valence-corrected chi connectivity index (χ1v) is 6.33. The van der Waals surface area contributed by atoms with Crippen molar-refractivity contribution in [2.45, 2.75) is 19.1 Å². The third-order valence-electron chi connectivity index (χ3n) is 3.40. The molecule has 0 aliphatic carbocycles. The standard InChI is InChI=1S/C14H16N2O3/c1-8-4-10-5-9(2-3-13(10)19-8)14(18)16-11-6-15-7-12(11)17/h2-5,11-12,15,17H,6-7H2,1H3,(H,16,18)/t11-,12-/m1/s1. The lowest BCUT2D eigenvalue weighted by Crippen LogP contribution is -2.42. The van der Waals surface area contributed by atoms with E-state index >= 15 is 0 Å². The zero-order valence-electron chi connectivity index (χ0n) is 10.6. The molecule has 0 saturated carbocycles. The summed E-state index contributed by atoms with van der Waals surface area (Å²) in [6.45, 7) is 2.99. The number of β-amino-alcohol motifs (C(OH)–C–C–N with tert-alkyl or cyclic N) is 1. The minimum absolute atomic E-state index is 0.173. The zero-order chi connectivity index (χ0) is 13.4. The van der Waals surface area contributed by atoms with E-state index < -0.39 is 6.10 Å². The number of nitrogens with one attached hydrogen (secondary N) is 2. The first kappa shape index (κ1) is 12.2. The van der Waals surface area contributed by atoms with Gasteiger partial charge >= 0.3 is 0 Å². The highest BCUT2D eigenvalue weighted by Crippen LogP contribution is 2.20. The Labute approximate surface area is 110 Å². The number of hydrogen-bond donors (Lipinski definition) is 3. The van der Waals surface area contributed by atoms with Gasteiger partial charge in [0, 0.05) is 24.0 Å². The molecule has 1 fully saturated rings. The van der Waals surface area contributed by atoms with Gasteiger partial charge in [0.2, 0.25) is 0 Å². The van der Waals surface area contributed by atoms with Crippen LogP contribution in [0.25, 0.3) is 11.0 Å². The van der Waals surface area contributed by atoms with Crippen LogP contribution in [-0.4, -0.2) is 36.2 Å². The molecule has 1 amide bonds. The number of amides is 1. The minimum Gasteiger partial charge on any atom is -0.461 e. The van der Waals surface area contributed by atoms with E-state index in [2.05, 4.69) is 10.6 Å².